The van der Waals surface area contributed by atoms with E-state index in [1.54, 1.807) is 13.0 Å². The SMILES string of the molecule is CC(=O)c1ccc(N2CCN(Cc3noc4cc(F)ccc34)CC2)cc1. The van der Waals surface area contributed by atoms with Crippen LogP contribution in [0.3, 0.4) is 0 Å². The van der Waals surface area contributed by atoms with Crippen LogP contribution in [-0.4, -0.2) is 42.0 Å². The molecule has 0 bridgehead atoms. The number of carbonyl (C=O) groups excluding carboxylic acids is 1. The lowest BCUT2D eigenvalue weighted by Crippen LogP contribution is -2.46. The van der Waals surface area contributed by atoms with Gasteiger partial charge in [-0.2, -0.15) is 0 Å². The monoisotopic (exact) mass is 353 g/mol. The Hall–Kier alpha value is -2.73. The van der Waals surface area contributed by atoms with Crippen LogP contribution in [0.5, 0.6) is 0 Å². The van der Waals surface area contributed by atoms with Gasteiger partial charge in [-0.15, -0.1) is 0 Å². The minimum Gasteiger partial charge on any atom is -0.369 e. The first-order chi connectivity index (χ1) is 12.6. The van der Waals surface area contributed by atoms with Crippen molar-refractivity contribution in [1.82, 2.24) is 10.1 Å². The molecule has 0 N–H and O–H groups in total. The molecular formula is C20H20FN3O2. The Kier molecular flexibility index (Phi) is 4.42. The molecule has 0 atom stereocenters. The van der Waals surface area contributed by atoms with Gasteiger partial charge in [-0.1, -0.05) is 5.16 Å². The summed E-state index contributed by atoms with van der Waals surface area (Å²) in [5.74, 6) is -0.231. The third kappa shape index (κ3) is 3.32. The lowest BCUT2D eigenvalue weighted by Gasteiger charge is -2.35. The summed E-state index contributed by atoms with van der Waals surface area (Å²) >= 11 is 0. The number of ketones is 1. The molecule has 2 aromatic carbocycles. The van der Waals surface area contributed by atoms with Gasteiger partial charge >= 0.3 is 0 Å². The second kappa shape index (κ2) is 6.88. The molecule has 0 spiro atoms. The minimum absolute atomic E-state index is 0.0843. The average Bonchev–Trinajstić information content (AvgIpc) is 3.04. The number of hydrogen-bond acceptors (Lipinski definition) is 5. The Morgan fingerprint density at radius 3 is 2.54 bits per heavy atom. The second-order valence-corrected chi connectivity index (χ2v) is 6.64. The fourth-order valence-corrected chi connectivity index (χ4v) is 3.36. The molecule has 0 amide bonds. The summed E-state index contributed by atoms with van der Waals surface area (Å²) in [6.45, 7) is 5.90. The number of Topliss-reactive ketones (excluding diaryl/α,β-unsaturated/α-hetero) is 1. The molecule has 0 aliphatic carbocycles. The normalized spacial score (nSPS) is 15.5. The molecular weight excluding hydrogens is 333 g/mol. The number of benzene rings is 2. The van der Waals surface area contributed by atoms with E-state index in [0.717, 1.165) is 48.5 Å². The van der Waals surface area contributed by atoms with Crippen molar-refractivity contribution in [3.05, 3.63) is 59.5 Å². The summed E-state index contributed by atoms with van der Waals surface area (Å²) in [6.07, 6.45) is 0. The summed E-state index contributed by atoms with van der Waals surface area (Å²) in [5.41, 5.74) is 3.21. The number of carbonyl (C=O) groups is 1. The smallest absolute Gasteiger partial charge is 0.170 e. The van der Waals surface area contributed by atoms with Crippen LogP contribution in [0.2, 0.25) is 0 Å². The molecule has 6 heteroatoms. The zero-order chi connectivity index (χ0) is 18.1. The fraction of sp³-hybridized carbons (Fsp3) is 0.300. The molecule has 3 aromatic rings. The molecule has 1 saturated heterocycles. The van der Waals surface area contributed by atoms with Crippen LogP contribution < -0.4 is 4.90 Å². The van der Waals surface area contributed by atoms with Gasteiger partial charge in [0.1, 0.15) is 11.5 Å². The number of fused-ring (bicyclic) bond motifs is 1. The molecule has 4 rings (SSSR count). The first kappa shape index (κ1) is 16.7. The van der Waals surface area contributed by atoms with Crippen molar-refractivity contribution in [2.45, 2.75) is 13.5 Å². The highest BCUT2D eigenvalue weighted by Crippen LogP contribution is 2.22. The van der Waals surface area contributed by atoms with E-state index in [1.807, 2.05) is 24.3 Å². The molecule has 5 nitrogen and oxygen atoms in total. The molecule has 26 heavy (non-hydrogen) atoms. The molecule has 1 aliphatic heterocycles. The van der Waals surface area contributed by atoms with Crippen molar-refractivity contribution in [3.63, 3.8) is 0 Å². The van der Waals surface area contributed by atoms with Gasteiger partial charge in [0.2, 0.25) is 0 Å². The van der Waals surface area contributed by atoms with Gasteiger partial charge in [-0.3, -0.25) is 9.69 Å². The van der Waals surface area contributed by atoms with E-state index < -0.39 is 0 Å². The van der Waals surface area contributed by atoms with Crippen molar-refractivity contribution in [3.8, 4) is 0 Å². The van der Waals surface area contributed by atoms with Crippen LogP contribution >= 0.6 is 0 Å². The van der Waals surface area contributed by atoms with E-state index in [9.17, 15) is 9.18 Å². The number of hydrogen-bond donors (Lipinski definition) is 0. The molecule has 1 fully saturated rings. The summed E-state index contributed by atoms with van der Waals surface area (Å²) < 4.78 is 18.5. The third-order valence-electron chi connectivity index (χ3n) is 4.89. The Morgan fingerprint density at radius 1 is 1.12 bits per heavy atom. The molecule has 0 radical (unpaired) electrons. The Labute approximate surface area is 151 Å². The maximum atomic E-state index is 13.3. The molecule has 134 valence electrons. The van der Waals surface area contributed by atoms with E-state index in [0.29, 0.717) is 12.1 Å². The van der Waals surface area contributed by atoms with Crippen LogP contribution in [0.1, 0.15) is 23.0 Å². The molecule has 0 saturated carbocycles. The van der Waals surface area contributed by atoms with Crippen molar-refractivity contribution in [2.75, 3.05) is 31.1 Å². The van der Waals surface area contributed by atoms with Gasteiger partial charge in [0.25, 0.3) is 0 Å². The zero-order valence-electron chi connectivity index (χ0n) is 14.6. The molecule has 1 aliphatic rings. The predicted octanol–water partition coefficient (Wildman–Crippen LogP) is 3.49. The van der Waals surface area contributed by atoms with E-state index in [1.165, 1.54) is 12.1 Å². The number of piperazine rings is 1. The number of aromatic nitrogens is 1. The Bertz CT molecular complexity index is 928. The lowest BCUT2D eigenvalue weighted by molar-refractivity contribution is 0.101. The van der Waals surface area contributed by atoms with Crippen LogP contribution in [0.25, 0.3) is 11.0 Å². The average molecular weight is 353 g/mol. The highest BCUT2D eigenvalue weighted by molar-refractivity contribution is 5.94. The highest BCUT2D eigenvalue weighted by Gasteiger charge is 2.20. The van der Waals surface area contributed by atoms with Crippen LogP contribution in [-0.2, 0) is 6.54 Å². The minimum atomic E-state index is -0.315. The maximum Gasteiger partial charge on any atom is 0.170 e. The number of nitrogens with zero attached hydrogens (tertiary/aromatic N) is 3. The Morgan fingerprint density at radius 2 is 1.85 bits per heavy atom. The van der Waals surface area contributed by atoms with E-state index in [-0.39, 0.29) is 11.6 Å². The van der Waals surface area contributed by atoms with Crippen molar-refractivity contribution >= 4 is 22.4 Å². The van der Waals surface area contributed by atoms with E-state index in [4.69, 9.17) is 4.52 Å². The van der Waals surface area contributed by atoms with Gasteiger partial charge < -0.3 is 9.42 Å². The lowest BCUT2D eigenvalue weighted by atomic mass is 10.1. The van der Waals surface area contributed by atoms with Crippen molar-refractivity contribution < 1.29 is 13.7 Å². The number of anilines is 1. The quantitative estimate of drug-likeness (QED) is 0.672. The predicted molar refractivity (Wildman–Crippen MR) is 97.9 cm³/mol. The fourth-order valence-electron chi connectivity index (χ4n) is 3.36. The topological polar surface area (TPSA) is 49.6 Å². The third-order valence-corrected chi connectivity index (χ3v) is 4.89. The molecule has 1 aromatic heterocycles. The van der Waals surface area contributed by atoms with Gasteiger partial charge in [0, 0.05) is 55.4 Å². The van der Waals surface area contributed by atoms with Crippen molar-refractivity contribution in [1.29, 1.82) is 0 Å². The van der Waals surface area contributed by atoms with E-state index in [2.05, 4.69) is 15.0 Å². The molecule has 0 unspecified atom stereocenters. The molecule has 2 heterocycles. The van der Waals surface area contributed by atoms with Crippen molar-refractivity contribution in [2.24, 2.45) is 0 Å². The number of halogens is 1. The van der Waals surface area contributed by atoms with Gasteiger partial charge in [-0.05, 0) is 43.3 Å². The van der Waals surface area contributed by atoms with E-state index >= 15 is 0 Å². The zero-order valence-corrected chi connectivity index (χ0v) is 14.6. The summed E-state index contributed by atoms with van der Waals surface area (Å²) in [7, 11) is 0. The summed E-state index contributed by atoms with van der Waals surface area (Å²) in [5, 5.41) is 4.97. The largest absolute Gasteiger partial charge is 0.369 e. The Balaban J connectivity index is 1.39. The van der Waals surface area contributed by atoms with Crippen LogP contribution in [0.15, 0.2) is 47.0 Å². The van der Waals surface area contributed by atoms with Gasteiger partial charge in [0.15, 0.2) is 11.4 Å². The van der Waals surface area contributed by atoms with Gasteiger partial charge in [-0.25, -0.2) is 4.39 Å². The summed E-state index contributed by atoms with van der Waals surface area (Å²) in [6, 6.07) is 12.3. The maximum absolute atomic E-state index is 13.3. The standard InChI is InChI=1S/C20H20FN3O2/c1-14(25)15-2-5-17(6-3-15)24-10-8-23(9-11-24)13-19-18-7-4-16(21)12-20(18)26-22-19/h2-7,12H,8-11,13H2,1H3. The number of rotatable bonds is 4. The van der Waals surface area contributed by atoms with Crippen LogP contribution in [0.4, 0.5) is 10.1 Å². The first-order valence-electron chi connectivity index (χ1n) is 8.72. The van der Waals surface area contributed by atoms with Crippen LogP contribution in [0, 0.1) is 5.82 Å². The second-order valence-electron chi connectivity index (χ2n) is 6.64. The highest BCUT2D eigenvalue weighted by atomic mass is 19.1. The van der Waals surface area contributed by atoms with Gasteiger partial charge in [0.05, 0.1) is 0 Å². The first-order valence-corrected chi connectivity index (χ1v) is 8.72. The summed E-state index contributed by atoms with van der Waals surface area (Å²) in [4.78, 5) is 16.0.